The van der Waals surface area contributed by atoms with Crippen molar-refractivity contribution in [1.29, 1.82) is 0 Å². The molecule has 2 nitrogen and oxygen atoms in total. The van der Waals surface area contributed by atoms with Crippen LogP contribution in [0.2, 0.25) is 0 Å². The first-order chi connectivity index (χ1) is 9.58. The summed E-state index contributed by atoms with van der Waals surface area (Å²) in [5.41, 5.74) is 2.31. The van der Waals surface area contributed by atoms with Crippen LogP contribution in [0.4, 0.5) is 0 Å². The van der Waals surface area contributed by atoms with E-state index in [4.69, 9.17) is 4.74 Å². The first kappa shape index (κ1) is 16.2. The van der Waals surface area contributed by atoms with Gasteiger partial charge in [-0.05, 0) is 32.8 Å². The lowest BCUT2D eigenvalue weighted by Crippen LogP contribution is -2.16. The highest BCUT2D eigenvalue weighted by Crippen LogP contribution is 2.05. The minimum atomic E-state index is -0.165. The molecule has 0 bridgehead atoms. The Morgan fingerprint density at radius 1 is 1.20 bits per heavy atom. The number of esters is 1. The van der Waals surface area contributed by atoms with E-state index >= 15 is 0 Å². The van der Waals surface area contributed by atoms with E-state index < -0.39 is 0 Å². The lowest BCUT2D eigenvalue weighted by atomic mass is 10.1. The molecule has 2 heteroatoms. The fourth-order valence-corrected chi connectivity index (χ4v) is 1.76. The van der Waals surface area contributed by atoms with E-state index in [1.54, 1.807) is 0 Å². The second-order valence-electron chi connectivity index (χ2n) is 5.19. The van der Waals surface area contributed by atoms with Gasteiger partial charge in [0.05, 0.1) is 6.42 Å². The zero-order valence-electron chi connectivity index (χ0n) is 12.6. The van der Waals surface area contributed by atoms with Gasteiger partial charge in [-0.2, -0.15) is 0 Å². The van der Waals surface area contributed by atoms with E-state index in [1.165, 1.54) is 5.57 Å². The van der Waals surface area contributed by atoms with Crippen LogP contribution in [0.1, 0.15) is 39.2 Å². The third-order valence-corrected chi connectivity index (χ3v) is 2.82. The Bertz CT molecular complexity index is 454. The van der Waals surface area contributed by atoms with Crippen LogP contribution in [0.5, 0.6) is 0 Å². The molecular weight excluding hydrogens is 248 g/mol. The molecule has 0 radical (unpaired) electrons. The van der Waals surface area contributed by atoms with Gasteiger partial charge in [-0.3, -0.25) is 4.79 Å². The van der Waals surface area contributed by atoms with Crippen molar-refractivity contribution in [3.05, 3.63) is 59.7 Å². The molecule has 0 aliphatic rings. The predicted molar refractivity (Wildman–Crippen MR) is 83.5 cm³/mol. The molecule has 0 amide bonds. The number of hydrogen-bond acceptors (Lipinski definition) is 2. The van der Waals surface area contributed by atoms with Gasteiger partial charge in [0.15, 0.2) is 0 Å². The topological polar surface area (TPSA) is 26.3 Å². The van der Waals surface area contributed by atoms with Gasteiger partial charge in [0.2, 0.25) is 0 Å². The highest BCUT2D eigenvalue weighted by molar-refractivity contribution is 5.72. The zero-order chi connectivity index (χ0) is 14.8. The summed E-state index contributed by atoms with van der Waals surface area (Å²) in [6.07, 6.45) is 8.31. The van der Waals surface area contributed by atoms with Gasteiger partial charge in [0.1, 0.15) is 6.10 Å². The van der Waals surface area contributed by atoms with Crippen molar-refractivity contribution < 1.29 is 9.53 Å². The summed E-state index contributed by atoms with van der Waals surface area (Å²) in [5.74, 6) is -0.165. The van der Waals surface area contributed by atoms with Gasteiger partial charge in [-0.25, -0.2) is 0 Å². The maximum Gasteiger partial charge on any atom is 0.310 e. The average molecular weight is 272 g/mol. The molecule has 1 aromatic rings. The van der Waals surface area contributed by atoms with Crippen molar-refractivity contribution in [3.63, 3.8) is 0 Å². The molecule has 0 fully saturated rings. The second kappa shape index (κ2) is 9.13. The number of carbonyl (C=O) groups excluding carboxylic acids is 1. The summed E-state index contributed by atoms with van der Waals surface area (Å²) >= 11 is 0. The van der Waals surface area contributed by atoms with Gasteiger partial charge in [0.25, 0.3) is 0 Å². The average Bonchev–Trinajstić information content (AvgIpc) is 2.38. The fraction of sp³-hybridized carbons (Fsp3) is 0.389. The lowest BCUT2D eigenvalue weighted by molar-refractivity contribution is -0.147. The van der Waals surface area contributed by atoms with Crippen LogP contribution in [0.3, 0.4) is 0 Å². The Morgan fingerprint density at radius 2 is 1.90 bits per heavy atom. The standard InChI is InChI=1S/C18H24O2/c1-15(2)10-6-4-7-11-16(3)20-18(19)14-17-12-8-5-9-13-17/h4-5,7-10,12-13,16H,6,11,14H2,1-3H3/b7-4+. The summed E-state index contributed by atoms with van der Waals surface area (Å²) in [6, 6.07) is 9.67. The number of rotatable bonds is 7. The van der Waals surface area contributed by atoms with Crippen molar-refractivity contribution >= 4 is 5.97 Å². The zero-order valence-corrected chi connectivity index (χ0v) is 12.6. The first-order valence-electron chi connectivity index (χ1n) is 7.09. The van der Waals surface area contributed by atoms with Crippen LogP contribution in [0, 0.1) is 0 Å². The molecule has 1 unspecified atom stereocenters. The number of carbonyl (C=O) groups is 1. The van der Waals surface area contributed by atoms with E-state index in [0.717, 1.165) is 18.4 Å². The Balaban J connectivity index is 2.26. The molecule has 0 saturated heterocycles. The van der Waals surface area contributed by atoms with Crippen LogP contribution in [0.25, 0.3) is 0 Å². The minimum Gasteiger partial charge on any atom is -0.462 e. The first-order valence-corrected chi connectivity index (χ1v) is 7.09. The maximum atomic E-state index is 11.7. The molecular formula is C18H24O2. The highest BCUT2D eigenvalue weighted by Gasteiger charge is 2.08. The van der Waals surface area contributed by atoms with Gasteiger partial charge >= 0.3 is 5.97 Å². The largest absolute Gasteiger partial charge is 0.462 e. The van der Waals surface area contributed by atoms with Gasteiger partial charge in [-0.15, -0.1) is 0 Å². The number of ether oxygens (including phenoxy) is 1. The minimum absolute atomic E-state index is 0.0748. The monoisotopic (exact) mass is 272 g/mol. The Morgan fingerprint density at radius 3 is 2.55 bits per heavy atom. The molecule has 0 heterocycles. The number of hydrogen-bond donors (Lipinski definition) is 0. The number of benzene rings is 1. The molecule has 0 saturated carbocycles. The molecule has 1 atom stereocenters. The van der Waals surface area contributed by atoms with Crippen molar-refractivity contribution in [1.82, 2.24) is 0 Å². The van der Waals surface area contributed by atoms with E-state index in [9.17, 15) is 4.79 Å². The second-order valence-corrected chi connectivity index (χ2v) is 5.19. The number of allylic oxidation sites excluding steroid dienone is 3. The smallest absolute Gasteiger partial charge is 0.310 e. The van der Waals surface area contributed by atoms with Gasteiger partial charge in [0, 0.05) is 6.42 Å². The van der Waals surface area contributed by atoms with Crippen molar-refractivity contribution in [2.24, 2.45) is 0 Å². The molecule has 0 aliphatic carbocycles. The van der Waals surface area contributed by atoms with Crippen LogP contribution in [-0.2, 0) is 16.0 Å². The third kappa shape index (κ3) is 7.57. The Hall–Kier alpha value is -1.83. The fourth-order valence-electron chi connectivity index (χ4n) is 1.76. The van der Waals surface area contributed by atoms with Gasteiger partial charge in [-0.1, -0.05) is 54.1 Å². The quantitative estimate of drug-likeness (QED) is 0.541. The van der Waals surface area contributed by atoms with Gasteiger partial charge < -0.3 is 4.74 Å². The van der Waals surface area contributed by atoms with Crippen LogP contribution in [-0.4, -0.2) is 12.1 Å². The summed E-state index contributed by atoms with van der Waals surface area (Å²) in [7, 11) is 0. The molecule has 0 spiro atoms. The normalized spacial score (nSPS) is 12.2. The Kier molecular flexibility index (Phi) is 7.41. The van der Waals surface area contributed by atoms with E-state index in [2.05, 4.69) is 32.1 Å². The summed E-state index contributed by atoms with van der Waals surface area (Å²) in [4.78, 5) is 11.7. The SMILES string of the molecule is CC(C)=CC/C=C/CC(C)OC(=O)Cc1ccccc1. The van der Waals surface area contributed by atoms with Crippen LogP contribution < -0.4 is 0 Å². The lowest BCUT2D eigenvalue weighted by Gasteiger charge is -2.11. The van der Waals surface area contributed by atoms with Crippen molar-refractivity contribution in [2.75, 3.05) is 0 Å². The molecule has 0 aliphatic heterocycles. The predicted octanol–water partition coefficient (Wildman–Crippen LogP) is 4.46. The van der Waals surface area contributed by atoms with E-state index in [1.807, 2.05) is 37.3 Å². The molecule has 108 valence electrons. The summed E-state index contributed by atoms with van der Waals surface area (Å²) < 4.78 is 5.38. The van der Waals surface area contributed by atoms with Crippen LogP contribution >= 0.6 is 0 Å². The van der Waals surface area contributed by atoms with E-state index in [-0.39, 0.29) is 12.1 Å². The van der Waals surface area contributed by atoms with Crippen molar-refractivity contribution in [3.8, 4) is 0 Å². The maximum absolute atomic E-state index is 11.7. The van der Waals surface area contributed by atoms with Crippen LogP contribution in [0.15, 0.2) is 54.1 Å². The molecule has 1 rings (SSSR count). The molecule has 20 heavy (non-hydrogen) atoms. The molecule has 0 N–H and O–H groups in total. The Labute approximate surface area is 122 Å². The molecule has 0 aromatic heterocycles. The van der Waals surface area contributed by atoms with E-state index in [0.29, 0.717) is 6.42 Å². The highest BCUT2D eigenvalue weighted by atomic mass is 16.5. The summed E-state index contributed by atoms with van der Waals surface area (Å²) in [6.45, 7) is 6.10. The third-order valence-electron chi connectivity index (χ3n) is 2.82. The molecule has 1 aromatic carbocycles. The summed E-state index contributed by atoms with van der Waals surface area (Å²) in [5, 5.41) is 0. The van der Waals surface area contributed by atoms with Crippen molar-refractivity contribution in [2.45, 2.75) is 46.1 Å².